The number of nitrogens with zero attached hydrogens (tertiary/aromatic N) is 2. The van der Waals surface area contributed by atoms with Crippen molar-refractivity contribution in [3.63, 3.8) is 0 Å². The fourth-order valence-corrected chi connectivity index (χ4v) is 5.48. The summed E-state index contributed by atoms with van der Waals surface area (Å²) in [4.78, 5) is 28.0. The third-order valence-electron chi connectivity index (χ3n) is 5.58. The summed E-state index contributed by atoms with van der Waals surface area (Å²) in [5.41, 5.74) is 6.69. The molecule has 0 atom stereocenters. The Morgan fingerprint density at radius 1 is 1.18 bits per heavy atom. The summed E-state index contributed by atoms with van der Waals surface area (Å²) in [6.07, 6.45) is -1.51. The van der Waals surface area contributed by atoms with E-state index in [1.54, 1.807) is 0 Å². The molecule has 0 saturated carbocycles. The number of rotatable bonds is 8. The van der Waals surface area contributed by atoms with Gasteiger partial charge in [0.2, 0.25) is 15.9 Å². The highest BCUT2D eigenvalue weighted by atomic mass is 32.2. The lowest BCUT2D eigenvalue weighted by Gasteiger charge is -2.48. The molecule has 3 aromatic rings. The van der Waals surface area contributed by atoms with E-state index >= 15 is 0 Å². The van der Waals surface area contributed by atoms with Gasteiger partial charge in [0.15, 0.2) is 0 Å². The van der Waals surface area contributed by atoms with Crippen LogP contribution in [0.25, 0.3) is 10.9 Å². The topological polar surface area (TPSA) is 152 Å². The zero-order chi connectivity index (χ0) is 24.5. The number of carbonyl (C=O) groups excluding carboxylic acids is 1. The second kappa shape index (κ2) is 8.92. The van der Waals surface area contributed by atoms with Crippen LogP contribution in [0.2, 0.25) is 0 Å². The van der Waals surface area contributed by atoms with Crippen LogP contribution in [-0.4, -0.2) is 54.0 Å². The molecular weight excluding hydrogens is 460 g/mol. The van der Waals surface area contributed by atoms with Crippen molar-refractivity contribution in [2.45, 2.75) is 30.4 Å². The minimum Gasteiger partial charge on any atom is -0.489 e. The van der Waals surface area contributed by atoms with Crippen molar-refractivity contribution < 1.29 is 27.9 Å². The van der Waals surface area contributed by atoms with Crippen molar-refractivity contribution >= 4 is 32.9 Å². The van der Waals surface area contributed by atoms with Crippen LogP contribution in [0.15, 0.2) is 59.5 Å². The van der Waals surface area contributed by atoms with E-state index in [0.29, 0.717) is 5.75 Å². The smallest absolute Gasteiger partial charge is 0.407 e. The van der Waals surface area contributed by atoms with Crippen LogP contribution >= 0.6 is 0 Å². The first-order chi connectivity index (χ1) is 16.1. The van der Waals surface area contributed by atoms with E-state index in [2.05, 4.69) is 9.71 Å². The Bertz CT molecular complexity index is 1350. The number of fused-ring (bicyclic) bond motifs is 1. The average molecular weight is 485 g/mol. The first-order valence-corrected chi connectivity index (χ1v) is 11.9. The minimum atomic E-state index is -4.03. The third kappa shape index (κ3) is 4.95. The number of amides is 2. The Labute approximate surface area is 196 Å². The molecule has 4 N–H and O–H groups in total. The standard InChI is InChI=1S/C23H24N4O6S/c1-15-10-16(19-4-2-3-5-20(19)25-15)12-33-17-6-8-18(9-7-17)34(31,32)26-23(11-21(24)28)13-27(14-23)22(29)30/h2-10,26H,11-14H2,1H3,(H2,24,28)(H,29,30). The van der Waals surface area contributed by atoms with Crippen molar-refractivity contribution in [1.29, 1.82) is 0 Å². The molecule has 0 radical (unpaired) electrons. The van der Waals surface area contributed by atoms with Crippen molar-refractivity contribution in [3.05, 3.63) is 65.9 Å². The Balaban J connectivity index is 1.47. The molecule has 2 aromatic carbocycles. The summed E-state index contributed by atoms with van der Waals surface area (Å²) >= 11 is 0. The molecule has 0 spiro atoms. The van der Waals surface area contributed by atoms with Crippen molar-refractivity contribution in [2.75, 3.05) is 13.1 Å². The van der Waals surface area contributed by atoms with Crippen LogP contribution in [0, 0.1) is 6.92 Å². The normalized spacial score (nSPS) is 15.0. The monoisotopic (exact) mass is 484 g/mol. The average Bonchev–Trinajstić information content (AvgIpc) is 2.75. The van der Waals surface area contributed by atoms with Gasteiger partial charge in [-0.25, -0.2) is 17.9 Å². The Morgan fingerprint density at radius 3 is 2.50 bits per heavy atom. The summed E-state index contributed by atoms with van der Waals surface area (Å²) in [5.74, 6) is -0.250. The van der Waals surface area contributed by atoms with Gasteiger partial charge < -0.3 is 20.5 Å². The van der Waals surface area contributed by atoms with E-state index in [4.69, 9.17) is 15.6 Å². The summed E-state index contributed by atoms with van der Waals surface area (Å²) < 4.78 is 34.1. The first-order valence-electron chi connectivity index (χ1n) is 10.5. The number of nitrogens with two attached hydrogens (primary N) is 1. The molecule has 1 aliphatic heterocycles. The van der Waals surface area contributed by atoms with Crippen LogP contribution < -0.4 is 15.2 Å². The lowest BCUT2D eigenvalue weighted by atomic mass is 9.87. The number of benzene rings is 2. The number of carbonyl (C=O) groups is 2. The first kappa shape index (κ1) is 23.5. The number of likely N-dealkylation sites (tertiary alicyclic amines) is 1. The highest BCUT2D eigenvalue weighted by Crippen LogP contribution is 2.28. The third-order valence-corrected chi connectivity index (χ3v) is 7.17. The number of hydrogen-bond donors (Lipinski definition) is 3. The number of nitrogens with one attached hydrogen (secondary N) is 1. The SMILES string of the molecule is Cc1cc(COc2ccc(S(=O)(=O)NC3(CC(N)=O)CN(C(=O)O)C3)cc2)c2ccccc2n1. The Morgan fingerprint density at radius 2 is 1.85 bits per heavy atom. The van der Waals surface area contributed by atoms with E-state index < -0.39 is 27.6 Å². The van der Waals surface area contributed by atoms with E-state index in [0.717, 1.165) is 27.1 Å². The van der Waals surface area contributed by atoms with Crippen LogP contribution in [-0.2, 0) is 21.4 Å². The van der Waals surface area contributed by atoms with Gasteiger partial charge in [-0.1, -0.05) is 18.2 Å². The van der Waals surface area contributed by atoms with Gasteiger partial charge in [0.25, 0.3) is 0 Å². The van der Waals surface area contributed by atoms with E-state index in [-0.39, 0.29) is 31.0 Å². The molecular formula is C23H24N4O6S. The fourth-order valence-electron chi connectivity index (χ4n) is 4.10. The summed E-state index contributed by atoms with van der Waals surface area (Å²) in [5, 5.41) is 10.0. The number of sulfonamides is 1. The lowest BCUT2D eigenvalue weighted by molar-refractivity contribution is -0.120. The van der Waals surface area contributed by atoms with Crippen molar-refractivity contribution in [1.82, 2.24) is 14.6 Å². The summed E-state index contributed by atoms with van der Waals surface area (Å²) in [6, 6.07) is 15.5. The zero-order valence-corrected chi connectivity index (χ0v) is 19.2. The predicted octanol–water partition coefficient (Wildman–Crippen LogP) is 2.01. The zero-order valence-electron chi connectivity index (χ0n) is 18.4. The number of primary amides is 1. The van der Waals surface area contributed by atoms with Gasteiger partial charge in [0, 0.05) is 36.2 Å². The molecule has 1 fully saturated rings. The van der Waals surface area contributed by atoms with E-state index in [1.165, 1.54) is 24.3 Å². The molecule has 10 nitrogen and oxygen atoms in total. The van der Waals surface area contributed by atoms with Crippen LogP contribution in [0.4, 0.5) is 4.79 Å². The number of pyridine rings is 1. The van der Waals surface area contributed by atoms with E-state index in [9.17, 15) is 18.0 Å². The quantitative estimate of drug-likeness (QED) is 0.442. The van der Waals surface area contributed by atoms with Crippen LogP contribution in [0.5, 0.6) is 5.75 Å². The van der Waals surface area contributed by atoms with Crippen molar-refractivity contribution in [2.24, 2.45) is 5.73 Å². The maximum absolute atomic E-state index is 12.9. The molecule has 0 bridgehead atoms. The highest BCUT2D eigenvalue weighted by Gasteiger charge is 2.49. The van der Waals surface area contributed by atoms with Crippen LogP contribution in [0.3, 0.4) is 0 Å². The molecule has 34 heavy (non-hydrogen) atoms. The lowest BCUT2D eigenvalue weighted by Crippen LogP contribution is -2.71. The van der Waals surface area contributed by atoms with Gasteiger partial charge in [0.1, 0.15) is 12.4 Å². The molecule has 0 aliphatic carbocycles. The van der Waals surface area contributed by atoms with Gasteiger partial charge in [-0.05, 0) is 43.3 Å². The number of ether oxygens (including phenoxy) is 1. The molecule has 4 rings (SSSR count). The Hall–Kier alpha value is -3.70. The molecule has 1 aliphatic rings. The van der Waals surface area contributed by atoms with Gasteiger partial charge in [0.05, 0.1) is 16.0 Å². The molecule has 2 heterocycles. The predicted molar refractivity (Wildman–Crippen MR) is 124 cm³/mol. The highest BCUT2D eigenvalue weighted by molar-refractivity contribution is 7.89. The maximum Gasteiger partial charge on any atom is 0.407 e. The molecule has 178 valence electrons. The van der Waals surface area contributed by atoms with Gasteiger partial charge in [-0.15, -0.1) is 0 Å². The van der Waals surface area contributed by atoms with Crippen LogP contribution in [0.1, 0.15) is 17.7 Å². The van der Waals surface area contributed by atoms with Gasteiger partial charge in [-0.3, -0.25) is 9.78 Å². The summed E-state index contributed by atoms with van der Waals surface area (Å²) in [6.45, 7) is 1.86. The number of aryl methyl sites for hydroxylation is 1. The second-order valence-corrected chi connectivity index (χ2v) is 10.0. The molecule has 1 saturated heterocycles. The largest absolute Gasteiger partial charge is 0.489 e. The van der Waals surface area contributed by atoms with Crippen molar-refractivity contribution in [3.8, 4) is 5.75 Å². The molecule has 11 heteroatoms. The number of aromatic nitrogens is 1. The van der Waals surface area contributed by atoms with E-state index in [1.807, 2.05) is 37.3 Å². The summed E-state index contributed by atoms with van der Waals surface area (Å²) in [7, 11) is -4.03. The second-order valence-electron chi connectivity index (χ2n) is 8.37. The number of carboxylic acid groups (broad SMARTS) is 1. The molecule has 0 unspecified atom stereocenters. The van der Waals surface area contributed by atoms with Gasteiger partial charge in [-0.2, -0.15) is 0 Å². The Kier molecular flexibility index (Phi) is 6.15. The minimum absolute atomic E-state index is 0.0392. The molecule has 1 aromatic heterocycles. The fraction of sp³-hybridized carbons (Fsp3) is 0.261. The van der Waals surface area contributed by atoms with Gasteiger partial charge >= 0.3 is 6.09 Å². The number of para-hydroxylation sites is 1. The maximum atomic E-state index is 12.9. The number of hydrogen-bond acceptors (Lipinski definition) is 6. The molecule has 2 amide bonds.